The minimum absolute atomic E-state index is 0.115. The lowest BCUT2D eigenvalue weighted by molar-refractivity contribution is -0.311. The molecule has 186 valence electrons. The second-order valence-corrected chi connectivity index (χ2v) is 10.1. The molecule has 4 heterocycles. The molecule has 4 fully saturated rings. The first-order valence-corrected chi connectivity index (χ1v) is 11.7. The van der Waals surface area contributed by atoms with E-state index in [4.69, 9.17) is 14.2 Å². The van der Waals surface area contributed by atoms with E-state index in [-0.39, 0.29) is 37.6 Å². The van der Waals surface area contributed by atoms with Crippen molar-refractivity contribution in [3.8, 4) is 6.07 Å². The van der Waals surface area contributed by atoms with Gasteiger partial charge in [0, 0.05) is 18.5 Å². The van der Waals surface area contributed by atoms with Gasteiger partial charge in [0.25, 0.3) is 0 Å². The first-order chi connectivity index (χ1) is 15.6. The van der Waals surface area contributed by atoms with Crippen molar-refractivity contribution in [3.05, 3.63) is 0 Å². The van der Waals surface area contributed by atoms with Gasteiger partial charge in [-0.2, -0.15) is 5.26 Å². The normalized spacial score (nSPS) is 39.4. The molecule has 33 heavy (non-hydrogen) atoms. The maximum absolute atomic E-state index is 13.0. The number of ether oxygens (including phenoxy) is 3. The second kappa shape index (κ2) is 9.70. The van der Waals surface area contributed by atoms with Gasteiger partial charge in [0.2, 0.25) is 11.7 Å². The van der Waals surface area contributed by atoms with Crippen molar-refractivity contribution >= 4 is 5.91 Å². The average molecular weight is 471 g/mol. The number of hydrogen-bond donors (Lipinski definition) is 3. The summed E-state index contributed by atoms with van der Waals surface area (Å²) in [6.07, 6.45) is -0.388. The van der Waals surface area contributed by atoms with Crippen LogP contribution in [0, 0.1) is 17.2 Å². The Morgan fingerprint density at radius 2 is 2.03 bits per heavy atom. The summed E-state index contributed by atoms with van der Waals surface area (Å²) in [6, 6.07) is 1.67. The number of piperidine rings is 1. The molecular formula is C22H35FN4O6. The van der Waals surface area contributed by atoms with E-state index < -0.39 is 42.6 Å². The van der Waals surface area contributed by atoms with E-state index in [1.807, 2.05) is 4.90 Å². The first-order valence-electron chi connectivity index (χ1n) is 11.7. The van der Waals surface area contributed by atoms with Crippen molar-refractivity contribution in [2.45, 2.75) is 75.1 Å². The van der Waals surface area contributed by atoms with E-state index >= 15 is 0 Å². The fraction of sp³-hybridized carbons (Fsp3) is 0.909. The van der Waals surface area contributed by atoms with Crippen LogP contribution in [0.25, 0.3) is 0 Å². The highest BCUT2D eigenvalue weighted by atomic mass is 19.1. The Bertz CT molecular complexity index is 758. The molecule has 1 amide bonds. The summed E-state index contributed by atoms with van der Waals surface area (Å²) in [5.74, 6) is -3.01. The minimum Gasteiger partial charge on any atom is -0.385 e. The molecule has 0 saturated carbocycles. The van der Waals surface area contributed by atoms with E-state index in [0.29, 0.717) is 26.1 Å². The lowest BCUT2D eigenvalue weighted by Crippen LogP contribution is -2.64. The molecule has 4 aliphatic heterocycles. The van der Waals surface area contributed by atoms with E-state index in [0.717, 1.165) is 12.8 Å². The molecule has 0 radical (unpaired) electrons. The summed E-state index contributed by atoms with van der Waals surface area (Å²) in [6.45, 7) is 5.04. The number of fused-ring (bicyclic) bond motifs is 1. The number of carbonyl (C=O) groups is 1. The van der Waals surface area contributed by atoms with Gasteiger partial charge >= 0.3 is 0 Å². The van der Waals surface area contributed by atoms with Gasteiger partial charge in [-0.3, -0.25) is 14.1 Å². The van der Waals surface area contributed by atoms with Crippen LogP contribution in [0.15, 0.2) is 0 Å². The van der Waals surface area contributed by atoms with Crippen molar-refractivity contribution in [1.82, 2.24) is 15.1 Å². The number of hydrogen-bond acceptors (Lipinski definition) is 9. The molecule has 4 saturated heterocycles. The van der Waals surface area contributed by atoms with Crippen molar-refractivity contribution in [1.29, 1.82) is 5.26 Å². The van der Waals surface area contributed by atoms with Gasteiger partial charge in [-0.25, -0.2) is 0 Å². The van der Waals surface area contributed by atoms with E-state index in [1.165, 1.54) is 4.90 Å². The van der Waals surface area contributed by atoms with Gasteiger partial charge in [-0.15, -0.1) is 0 Å². The fourth-order valence-electron chi connectivity index (χ4n) is 5.35. The Kier molecular flexibility index (Phi) is 7.27. The van der Waals surface area contributed by atoms with E-state index in [2.05, 4.69) is 11.4 Å². The highest BCUT2D eigenvalue weighted by Gasteiger charge is 2.56. The zero-order valence-corrected chi connectivity index (χ0v) is 19.3. The molecular weight excluding hydrogens is 435 g/mol. The number of likely N-dealkylation sites (tertiary alicyclic amines) is 2. The molecule has 4 aliphatic rings. The van der Waals surface area contributed by atoms with Gasteiger partial charge in [-0.05, 0) is 46.2 Å². The summed E-state index contributed by atoms with van der Waals surface area (Å²) in [7, 11) is 0. The van der Waals surface area contributed by atoms with Crippen LogP contribution in [0.4, 0.5) is 4.39 Å². The van der Waals surface area contributed by atoms with Gasteiger partial charge in [0.05, 0.1) is 32.4 Å². The molecule has 0 aromatic rings. The Hall–Kier alpha value is -1.39. The summed E-state index contributed by atoms with van der Waals surface area (Å²) >= 11 is 0. The van der Waals surface area contributed by atoms with Gasteiger partial charge in [0.1, 0.15) is 24.4 Å². The molecule has 4 rings (SSSR count). The van der Waals surface area contributed by atoms with Crippen LogP contribution in [0.3, 0.4) is 0 Å². The van der Waals surface area contributed by atoms with Gasteiger partial charge in [-0.1, -0.05) is 0 Å². The Balaban J connectivity index is 1.22. The van der Waals surface area contributed by atoms with Crippen molar-refractivity contribution in [2.75, 3.05) is 46.0 Å². The Labute approximate surface area is 193 Å². The third-order valence-electron chi connectivity index (χ3n) is 7.15. The van der Waals surface area contributed by atoms with Crippen molar-refractivity contribution in [3.63, 3.8) is 0 Å². The van der Waals surface area contributed by atoms with E-state index in [1.54, 1.807) is 13.8 Å². The highest BCUT2D eigenvalue weighted by molar-refractivity contribution is 5.79. The fourth-order valence-corrected chi connectivity index (χ4v) is 5.35. The molecule has 6 atom stereocenters. The molecule has 10 nitrogen and oxygen atoms in total. The molecule has 3 N–H and O–H groups in total. The first kappa shape index (κ1) is 24.7. The number of nitrogens with zero attached hydrogens (tertiary/aromatic N) is 3. The van der Waals surface area contributed by atoms with Crippen LogP contribution in [0.2, 0.25) is 0 Å². The molecule has 0 spiro atoms. The zero-order chi connectivity index (χ0) is 23.8. The van der Waals surface area contributed by atoms with Crippen LogP contribution in [0.5, 0.6) is 0 Å². The predicted octanol–water partition coefficient (Wildman–Crippen LogP) is -0.650. The number of alkyl halides is 1. The number of amides is 1. The zero-order valence-electron chi connectivity index (χ0n) is 19.3. The Morgan fingerprint density at radius 1 is 1.30 bits per heavy atom. The standard InChI is InChI=1S/C22H35FN4O6/c1-21(2)32-17-12-31-22(30,20(29)19(17)33-21)13-26-5-3-15(4-6-26)25-10-18(28)27-11-14(8-23)7-16(27)9-24/h14-17,19-20,25,29-30H,3-8,10-13H2,1-2H3/t14?,16-,17+,19+,20-,22+/m0/s1. The number of nitrogens with one attached hydrogen (secondary N) is 1. The third kappa shape index (κ3) is 5.32. The van der Waals surface area contributed by atoms with Gasteiger partial charge in [0.15, 0.2) is 5.79 Å². The minimum atomic E-state index is -1.74. The van der Waals surface area contributed by atoms with Crippen LogP contribution in [-0.4, -0.2) is 114 Å². The smallest absolute Gasteiger partial charge is 0.237 e. The Morgan fingerprint density at radius 3 is 2.70 bits per heavy atom. The summed E-state index contributed by atoms with van der Waals surface area (Å²) in [4.78, 5) is 16.1. The summed E-state index contributed by atoms with van der Waals surface area (Å²) < 4.78 is 30.1. The third-order valence-corrected chi connectivity index (χ3v) is 7.15. The summed E-state index contributed by atoms with van der Waals surface area (Å²) in [5.41, 5.74) is 0. The molecule has 0 aromatic carbocycles. The van der Waals surface area contributed by atoms with Crippen LogP contribution in [-0.2, 0) is 19.0 Å². The molecule has 1 unspecified atom stereocenters. The van der Waals surface area contributed by atoms with Crippen LogP contribution >= 0.6 is 0 Å². The topological polar surface area (TPSA) is 128 Å². The van der Waals surface area contributed by atoms with Gasteiger partial charge < -0.3 is 34.6 Å². The SMILES string of the molecule is CC1(C)O[C@@H]2[C@@H](CO[C@](O)(CN3CCC(NCC(=O)N4CC(CF)C[C@H]4C#N)CC3)[C@H]2O)O1. The summed E-state index contributed by atoms with van der Waals surface area (Å²) in [5, 5.41) is 34.2. The largest absolute Gasteiger partial charge is 0.385 e. The number of aliphatic hydroxyl groups is 2. The maximum atomic E-state index is 13.0. The number of β-amino-alcohol motifs (C(OH)–C–C–N with tert-alkyl or cyclic N) is 1. The lowest BCUT2D eigenvalue weighted by Gasteiger charge is -2.44. The van der Waals surface area contributed by atoms with Crippen molar-refractivity contribution in [2.24, 2.45) is 5.92 Å². The highest BCUT2D eigenvalue weighted by Crippen LogP contribution is 2.38. The number of carbonyl (C=O) groups excluding carboxylic acids is 1. The second-order valence-electron chi connectivity index (χ2n) is 10.1. The average Bonchev–Trinajstić information content (AvgIpc) is 3.36. The number of aliphatic hydroxyl groups excluding tert-OH is 1. The molecule has 0 aromatic heterocycles. The molecule has 0 bridgehead atoms. The molecule has 0 aliphatic carbocycles. The number of nitriles is 1. The number of rotatable bonds is 6. The van der Waals surface area contributed by atoms with Crippen LogP contribution < -0.4 is 5.32 Å². The number of halogens is 1. The van der Waals surface area contributed by atoms with Crippen molar-refractivity contribution < 1.29 is 33.6 Å². The maximum Gasteiger partial charge on any atom is 0.237 e. The monoisotopic (exact) mass is 470 g/mol. The van der Waals surface area contributed by atoms with Crippen LogP contribution in [0.1, 0.15) is 33.1 Å². The molecule has 11 heteroatoms. The predicted molar refractivity (Wildman–Crippen MR) is 113 cm³/mol. The quantitative estimate of drug-likeness (QED) is 0.464. The van der Waals surface area contributed by atoms with E-state index in [9.17, 15) is 24.7 Å². The lowest BCUT2D eigenvalue weighted by atomic mass is 9.95.